The van der Waals surface area contributed by atoms with Gasteiger partial charge in [-0.25, -0.2) is 4.39 Å². The first-order valence-electron chi connectivity index (χ1n) is 5.86. The number of likely N-dealkylation sites (tertiary alicyclic amines) is 1. The van der Waals surface area contributed by atoms with Gasteiger partial charge in [0, 0.05) is 32.5 Å². The average Bonchev–Trinajstić information content (AvgIpc) is 2.35. The minimum absolute atomic E-state index is 0.180. The highest BCUT2D eigenvalue weighted by molar-refractivity contribution is 5.84. The molecule has 17 heavy (non-hydrogen) atoms. The highest BCUT2D eigenvalue weighted by atomic mass is 19.1. The summed E-state index contributed by atoms with van der Waals surface area (Å²) in [5.41, 5.74) is 3.01. The Morgan fingerprint density at radius 1 is 1.35 bits per heavy atom. The van der Waals surface area contributed by atoms with Gasteiger partial charge in [0.15, 0.2) is 0 Å². The van der Waals surface area contributed by atoms with Gasteiger partial charge >= 0.3 is 0 Å². The molecule has 92 valence electrons. The number of rotatable bonds is 2. The molecule has 1 saturated heterocycles. The maximum Gasteiger partial charge on any atom is 0.123 e. The van der Waals surface area contributed by atoms with Crippen molar-refractivity contribution in [3.63, 3.8) is 0 Å². The van der Waals surface area contributed by atoms with Crippen molar-refractivity contribution in [3.8, 4) is 0 Å². The van der Waals surface area contributed by atoms with Crippen molar-refractivity contribution in [3.05, 3.63) is 35.1 Å². The van der Waals surface area contributed by atoms with Gasteiger partial charge in [0.2, 0.25) is 0 Å². The number of piperidine rings is 1. The number of aryl methyl sites for hydroxylation is 1. The maximum atomic E-state index is 13.1. The molecule has 0 saturated carbocycles. The number of nitrogens with zero attached hydrogens (tertiary/aromatic N) is 2. The summed E-state index contributed by atoms with van der Waals surface area (Å²) in [6.07, 6.45) is 1.59. The zero-order valence-corrected chi connectivity index (χ0v) is 9.99. The van der Waals surface area contributed by atoms with Crippen LogP contribution in [0, 0.1) is 12.7 Å². The smallest absolute Gasteiger partial charge is 0.123 e. The van der Waals surface area contributed by atoms with E-state index in [-0.39, 0.29) is 5.82 Å². The Morgan fingerprint density at radius 3 is 2.71 bits per heavy atom. The van der Waals surface area contributed by atoms with Gasteiger partial charge in [0.1, 0.15) is 5.82 Å². The van der Waals surface area contributed by atoms with Gasteiger partial charge in [-0.1, -0.05) is 11.2 Å². The lowest BCUT2D eigenvalue weighted by Crippen LogP contribution is -2.33. The lowest BCUT2D eigenvalue weighted by Gasteiger charge is -2.27. The monoisotopic (exact) mass is 236 g/mol. The first kappa shape index (κ1) is 12.0. The van der Waals surface area contributed by atoms with Crippen LogP contribution in [-0.2, 0) is 6.54 Å². The summed E-state index contributed by atoms with van der Waals surface area (Å²) in [5, 5.41) is 11.9. The van der Waals surface area contributed by atoms with Crippen LogP contribution in [0.1, 0.15) is 24.0 Å². The number of benzene rings is 1. The number of hydrogen-bond donors (Lipinski definition) is 1. The molecule has 0 unspecified atom stereocenters. The molecule has 1 N–H and O–H groups in total. The fourth-order valence-electron chi connectivity index (χ4n) is 2.12. The van der Waals surface area contributed by atoms with Crippen molar-refractivity contribution < 1.29 is 9.60 Å². The Hall–Kier alpha value is -1.42. The average molecular weight is 236 g/mol. The van der Waals surface area contributed by atoms with Gasteiger partial charge in [-0.3, -0.25) is 4.90 Å². The van der Waals surface area contributed by atoms with Gasteiger partial charge in [-0.2, -0.15) is 0 Å². The van der Waals surface area contributed by atoms with Crippen molar-refractivity contribution in [1.82, 2.24) is 4.90 Å². The second-order valence-corrected chi connectivity index (χ2v) is 4.51. The largest absolute Gasteiger partial charge is 0.411 e. The van der Waals surface area contributed by atoms with Crippen molar-refractivity contribution in [2.24, 2.45) is 5.16 Å². The third-order valence-corrected chi connectivity index (χ3v) is 3.28. The van der Waals surface area contributed by atoms with E-state index < -0.39 is 0 Å². The summed E-state index contributed by atoms with van der Waals surface area (Å²) < 4.78 is 13.1. The summed E-state index contributed by atoms with van der Waals surface area (Å²) in [6, 6.07) is 4.91. The molecule has 4 heteroatoms. The van der Waals surface area contributed by atoms with Crippen molar-refractivity contribution in [1.29, 1.82) is 0 Å². The van der Waals surface area contributed by atoms with E-state index in [0.29, 0.717) is 0 Å². The van der Waals surface area contributed by atoms with Crippen molar-refractivity contribution in [2.45, 2.75) is 26.3 Å². The summed E-state index contributed by atoms with van der Waals surface area (Å²) in [5.74, 6) is -0.180. The highest BCUT2D eigenvalue weighted by Gasteiger charge is 2.16. The SMILES string of the molecule is Cc1ccc(F)cc1CN1CCC(=NO)CC1. The molecule has 0 bridgehead atoms. The fourth-order valence-corrected chi connectivity index (χ4v) is 2.12. The van der Waals surface area contributed by atoms with Crippen LogP contribution in [-0.4, -0.2) is 28.9 Å². The molecule has 1 aliphatic heterocycles. The second-order valence-electron chi connectivity index (χ2n) is 4.51. The lowest BCUT2D eigenvalue weighted by molar-refractivity contribution is 0.255. The van der Waals surface area contributed by atoms with Gasteiger partial charge in [0.25, 0.3) is 0 Å². The van der Waals surface area contributed by atoms with E-state index in [2.05, 4.69) is 10.1 Å². The molecule has 0 radical (unpaired) electrons. The standard InChI is InChI=1S/C13H17FN2O/c1-10-2-3-12(14)8-11(10)9-16-6-4-13(15-17)5-7-16/h2-3,8,17H,4-7,9H2,1H3. The Labute approximate surface area is 101 Å². The molecule has 1 heterocycles. The van der Waals surface area contributed by atoms with E-state index >= 15 is 0 Å². The number of hydrogen-bond acceptors (Lipinski definition) is 3. The van der Waals surface area contributed by atoms with E-state index in [1.165, 1.54) is 6.07 Å². The predicted octanol–water partition coefficient (Wildman–Crippen LogP) is 2.56. The van der Waals surface area contributed by atoms with E-state index in [1.807, 2.05) is 13.0 Å². The molecule has 0 atom stereocenters. The van der Waals surface area contributed by atoms with Gasteiger partial charge in [-0.15, -0.1) is 0 Å². The summed E-state index contributed by atoms with van der Waals surface area (Å²) >= 11 is 0. The molecule has 0 aromatic heterocycles. The maximum absolute atomic E-state index is 13.1. The van der Waals surface area contributed by atoms with E-state index in [4.69, 9.17) is 5.21 Å². The van der Waals surface area contributed by atoms with Crippen LogP contribution in [0.3, 0.4) is 0 Å². The van der Waals surface area contributed by atoms with Crippen LogP contribution in [0.4, 0.5) is 4.39 Å². The predicted molar refractivity (Wildman–Crippen MR) is 64.9 cm³/mol. The van der Waals surface area contributed by atoms with Crippen LogP contribution >= 0.6 is 0 Å². The number of oxime groups is 1. The Morgan fingerprint density at radius 2 is 2.06 bits per heavy atom. The Balaban J connectivity index is 2.00. The third kappa shape index (κ3) is 3.03. The molecule has 2 rings (SSSR count). The van der Waals surface area contributed by atoms with Crippen LogP contribution in [0.15, 0.2) is 23.4 Å². The minimum Gasteiger partial charge on any atom is -0.411 e. The molecule has 1 aromatic rings. The summed E-state index contributed by atoms with van der Waals surface area (Å²) in [4.78, 5) is 2.26. The highest BCUT2D eigenvalue weighted by Crippen LogP contribution is 2.16. The molecular formula is C13H17FN2O. The molecule has 1 aromatic carbocycles. The van der Waals surface area contributed by atoms with Crippen LogP contribution < -0.4 is 0 Å². The van der Waals surface area contributed by atoms with Crippen LogP contribution in [0.5, 0.6) is 0 Å². The number of halogens is 1. The molecular weight excluding hydrogens is 219 g/mol. The molecule has 0 amide bonds. The normalized spacial score (nSPS) is 17.2. The minimum atomic E-state index is -0.180. The van der Waals surface area contributed by atoms with E-state index in [0.717, 1.165) is 49.3 Å². The second kappa shape index (κ2) is 5.27. The van der Waals surface area contributed by atoms with E-state index in [9.17, 15) is 4.39 Å². The molecule has 0 spiro atoms. The molecule has 1 fully saturated rings. The fraction of sp³-hybridized carbons (Fsp3) is 0.462. The topological polar surface area (TPSA) is 35.8 Å². The van der Waals surface area contributed by atoms with Gasteiger partial charge in [-0.05, 0) is 30.2 Å². The Kier molecular flexibility index (Phi) is 3.74. The molecule has 3 nitrogen and oxygen atoms in total. The Bertz CT molecular complexity index is 421. The molecule has 1 aliphatic rings. The van der Waals surface area contributed by atoms with Gasteiger partial charge in [0.05, 0.1) is 5.71 Å². The zero-order chi connectivity index (χ0) is 12.3. The lowest BCUT2D eigenvalue weighted by atomic mass is 10.1. The quantitative estimate of drug-likeness (QED) is 0.632. The summed E-state index contributed by atoms with van der Waals surface area (Å²) in [7, 11) is 0. The third-order valence-electron chi connectivity index (χ3n) is 3.28. The van der Waals surface area contributed by atoms with Crippen molar-refractivity contribution in [2.75, 3.05) is 13.1 Å². The van der Waals surface area contributed by atoms with Gasteiger partial charge < -0.3 is 5.21 Å². The first-order valence-corrected chi connectivity index (χ1v) is 5.86. The van der Waals surface area contributed by atoms with Crippen LogP contribution in [0.2, 0.25) is 0 Å². The molecule has 0 aliphatic carbocycles. The van der Waals surface area contributed by atoms with Crippen LogP contribution in [0.25, 0.3) is 0 Å². The zero-order valence-electron chi connectivity index (χ0n) is 9.99. The van der Waals surface area contributed by atoms with E-state index in [1.54, 1.807) is 6.07 Å². The summed E-state index contributed by atoms with van der Waals surface area (Å²) in [6.45, 7) is 4.51. The first-order chi connectivity index (χ1) is 8.19. The van der Waals surface area contributed by atoms with Crippen molar-refractivity contribution >= 4 is 5.71 Å².